The van der Waals surface area contributed by atoms with E-state index < -0.39 is 0 Å². The van der Waals surface area contributed by atoms with Gasteiger partial charge in [-0.3, -0.25) is 4.79 Å². The third-order valence-corrected chi connectivity index (χ3v) is 5.53. The van der Waals surface area contributed by atoms with Crippen molar-refractivity contribution in [2.75, 3.05) is 13.1 Å². The lowest BCUT2D eigenvalue weighted by Crippen LogP contribution is -2.49. The van der Waals surface area contributed by atoms with Crippen LogP contribution in [0.1, 0.15) is 55.6 Å². The molecule has 1 saturated heterocycles. The Labute approximate surface area is 176 Å². The first-order valence-corrected chi connectivity index (χ1v) is 9.84. The number of nitrogens with two attached hydrogens (primary N) is 1. The van der Waals surface area contributed by atoms with Gasteiger partial charge in [0.1, 0.15) is 5.69 Å². The fraction of sp³-hybridized carbons (Fsp3) is 0.476. The SMILES string of the molecule is CC1CCN(C(=O)c2cc(-c3ccco3)nc3onc(C(C)C)c23)C(CN)C1.Cl. The second kappa shape index (κ2) is 8.55. The van der Waals surface area contributed by atoms with Gasteiger partial charge in [0.2, 0.25) is 0 Å². The van der Waals surface area contributed by atoms with Crippen LogP contribution in [0.2, 0.25) is 0 Å². The average molecular weight is 419 g/mol. The van der Waals surface area contributed by atoms with Gasteiger partial charge in [-0.1, -0.05) is 25.9 Å². The Hall–Kier alpha value is -2.38. The van der Waals surface area contributed by atoms with E-state index in [0.717, 1.165) is 18.5 Å². The van der Waals surface area contributed by atoms with Gasteiger partial charge in [0.25, 0.3) is 11.6 Å². The van der Waals surface area contributed by atoms with Crippen molar-refractivity contribution in [2.45, 2.75) is 45.6 Å². The molecule has 2 unspecified atom stereocenters. The highest BCUT2D eigenvalue weighted by atomic mass is 35.5. The number of likely N-dealkylation sites (tertiary alicyclic amines) is 1. The molecule has 1 amide bonds. The van der Waals surface area contributed by atoms with E-state index in [1.165, 1.54) is 0 Å². The van der Waals surface area contributed by atoms with E-state index in [0.29, 0.717) is 47.1 Å². The molecule has 0 bridgehead atoms. The van der Waals surface area contributed by atoms with E-state index in [4.69, 9.17) is 14.7 Å². The molecule has 0 radical (unpaired) electrons. The smallest absolute Gasteiger partial charge is 0.259 e. The third kappa shape index (κ3) is 3.89. The Morgan fingerprint density at radius 1 is 1.41 bits per heavy atom. The molecule has 4 rings (SSSR count). The van der Waals surface area contributed by atoms with Crippen molar-refractivity contribution in [3.05, 3.63) is 35.7 Å². The second-order valence-corrected chi connectivity index (χ2v) is 7.95. The molecule has 8 heteroatoms. The molecule has 1 fully saturated rings. The summed E-state index contributed by atoms with van der Waals surface area (Å²) in [5, 5.41) is 4.88. The van der Waals surface area contributed by atoms with Gasteiger partial charge in [-0.2, -0.15) is 0 Å². The van der Waals surface area contributed by atoms with Crippen LogP contribution in [0.3, 0.4) is 0 Å². The molecule has 1 aliphatic heterocycles. The summed E-state index contributed by atoms with van der Waals surface area (Å²) in [5.74, 6) is 1.21. The summed E-state index contributed by atoms with van der Waals surface area (Å²) in [7, 11) is 0. The van der Waals surface area contributed by atoms with Crippen LogP contribution in [-0.2, 0) is 0 Å². The zero-order valence-corrected chi connectivity index (χ0v) is 17.7. The molecule has 0 saturated carbocycles. The van der Waals surface area contributed by atoms with E-state index >= 15 is 0 Å². The molecule has 0 spiro atoms. The van der Waals surface area contributed by atoms with Crippen molar-refractivity contribution >= 4 is 29.4 Å². The number of pyridine rings is 1. The number of carbonyl (C=O) groups is 1. The van der Waals surface area contributed by atoms with Gasteiger partial charge in [0.05, 0.1) is 22.9 Å². The highest BCUT2D eigenvalue weighted by molar-refractivity contribution is 6.07. The minimum Gasteiger partial charge on any atom is -0.463 e. The molecule has 156 valence electrons. The minimum atomic E-state index is -0.0485. The van der Waals surface area contributed by atoms with Crippen LogP contribution in [-0.4, -0.2) is 40.1 Å². The maximum Gasteiger partial charge on any atom is 0.259 e. The van der Waals surface area contributed by atoms with Crippen LogP contribution in [0, 0.1) is 5.92 Å². The quantitative estimate of drug-likeness (QED) is 0.680. The summed E-state index contributed by atoms with van der Waals surface area (Å²) in [6.45, 7) is 7.41. The molecule has 29 heavy (non-hydrogen) atoms. The highest BCUT2D eigenvalue weighted by Gasteiger charge is 2.32. The van der Waals surface area contributed by atoms with E-state index in [1.807, 2.05) is 24.8 Å². The maximum atomic E-state index is 13.6. The molecule has 0 aromatic carbocycles. The summed E-state index contributed by atoms with van der Waals surface area (Å²) in [6, 6.07) is 5.43. The Bertz CT molecular complexity index is 983. The van der Waals surface area contributed by atoms with Crippen molar-refractivity contribution in [1.29, 1.82) is 0 Å². The largest absolute Gasteiger partial charge is 0.463 e. The topological polar surface area (TPSA) is 98.4 Å². The zero-order chi connectivity index (χ0) is 19.8. The number of fused-ring (bicyclic) bond motifs is 1. The standard InChI is InChI=1S/C21H26N4O3.ClH/c1-12(2)19-18-15(21(26)25-7-6-13(3)9-14(25)11-22)10-16(17-5-4-8-27-17)23-20(18)28-24-19;/h4-5,8,10,12-14H,6-7,9,11,22H2,1-3H3;1H. The number of nitrogens with zero attached hydrogens (tertiary/aromatic N) is 3. The van der Waals surface area contributed by atoms with Gasteiger partial charge in [-0.25, -0.2) is 4.98 Å². The normalized spacial score (nSPS) is 19.6. The number of amides is 1. The van der Waals surface area contributed by atoms with Crippen LogP contribution in [0.4, 0.5) is 0 Å². The maximum absolute atomic E-state index is 13.6. The Morgan fingerprint density at radius 3 is 2.86 bits per heavy atom. The van der Waals surface area contributed by atoms with Crippen molar-refractivity contribution in [2.24, 2.45) is 11.7 Å². The molecule has 7 nitrogen and oxygen atoms in total. The summed E-state index contributed by atoms with van der Waals surface area (Å²) in [6.07, 6.45) is 3.48. The fourth-order valence-electron chi connectivity index (χ4n) is 3.98. The van der Waals surface area contributed by atoms with Gasteiger partial charge < -0.3 is 19.6 Å². The second-order valence-electron chi connectivity index (χ2n) is 7.95. The van der Waals surface area contributed by atoms with Gasteiger partial charge >= 0.3 is 0 Å². The van der Waals surface area contributed by atoms with Gasteiger partial charge in [-0.05, 0) is 42.9 Å². The zero-order valence-electron chi connectivity index (χ0n) is 16.9. The first kappa shape index (κ1) is 21.3. The number of aromatic nitrogens is 2. The summed E-state index contributed by atoms with van der Waals surface area (Å²) in [4.78, 5) is 20.1. The van der Waals surface area contributed by atoms with Gasteiger partial charge in [-0.15, -0.1) is 12.4 Å². The molecule has 3 aromatic rings. The van der Waals surface area contributed by atoms with Crippen molar-refractivity contribution in [3.8, 4) is 11.5 Å². The third-order valence-electron chi connectivity index (χ3n) is 5.53. The van der Waals surface area contributed by atoms with Crippen LogP contribution >= 0.6 is 12.4 Å². The van der Waals surface area contributed by atoms with Crippen LogP contribution in [0.15, 0.2) is 33.4 Å². The number of rotatable bonds is 4. The number of piperidine rings is 1. The number of halogens is 1. The van der Waals surface area contributed by atoms with Crippen LogP contribution in [0.5, 0.6) is 0 Å². The first-order chi connectivity index (χ1) is 13.5. The van der Waals surface area contributed by atoms with Gasteiger partial charge in [0, 0.05) is 19.1 Å². The monoisotopic (exact) mass is 418 g/mol. The van der Waals surface area contributed by atoms with Crippen molar-refractivity contribution < 1.29 is 13.7 Å². The van der Waals surface area contributed by atoms with E-state index in [1.54, 1.807) is 18.4 Å². The minimum absolute atomic E-state index is 0. The lowest BCUT2D eigenvalue weighted by atomic mass is 9.91. The Morgan fingerprint density at radius 2 is 2.21 bits per heavy atom. The van der Waals surface area contributed by atoms with Crippen LogP contribution < -0.4 is 5.73 Å². The summed E-state index contributed by atoms with van der Waals surface area (Å²) >= 11 is 0. The predicted octanol–water partition coefficient (Wildman–Crippen LogP) is 4.23. The number of carbonyl (C=O) groups excluding carboxylic acids is 1. The molecular weight excluding hydrogens is 392 g/mol. The number of furan rings is 1. The molecular formula is C21H27ClN4O3. The predicted molar refractivity (Wildman–Crippen MR) is 113 cm³/mol. The van der Waals surface area contributed by atoms with E-state index in [9.17, 15) is 4.79 Å². The van der Waals surface area contributed by atoms with Crippen LogP contribution in [0.25, 0.3) is 22.6 Å². The number of hydrogen-bond acceptors (Lipinski definition) is 6. The van der Waals surface area contributed by atoms with E-state index in [-0.39, 0.29) is 30.3 Å². The Kier molecular flexibility index (Phi) is 6.29. The van der Waals surface area contributed by atoms with Crippen molar-refractivity contribution in [1.82, 2.24) is 15.0 Å². The summed E-state index contributed by atoms with van der Waals surface area (Å²) < 4.78 is 11.0. The average Bonchev–Trinajstić information content (AvgIpc) is 3.36. The fourth-order valence-corrected chi connectivity index (χ4v) is 3.98. The van der Waals surface area contributed by atoms with E-state index in [2.05, 4.69) is 17.1 Å². The molecule has 2 N–H and O–H groups in total. The van der Waals surface area contributed by atoms with Crippen molar-refractivity contribution in [3.63, 3.8) is 0 Å². The lowest BCUT2D eigenvalue weighted by Gasteiger charge is -2.38. The number of hydrogen-bond donors (Lipinski definition) is 1. The Balaban J connectivity index is 0.00000240. The molecule has 4 heterocycles. The highest BCUT2D eigenvalue weighted by Crippen LogP contribution is 2.33. The van der Waals surface area contributed by atoms with Gasteiger partial charge in [0.15, 0.2) is 5.76 Å². The molecule has 0 aliphatic carbocycles. The first-order valence-electron chi connectivity index (χ1n) is 9.84. The molecule has 1 aliphatic rings. The lowest BCUT2D eigenvalue weighted by molar-refractivity contribution is 0.0575. The molecule has 2 atom stereocenters. The molecule has 3 aromatic heterocycles. The summed E-state index contributed by atoms with van der Waals surface area (Å²) in [5.41, 5.74) is 8.20.